The summed E-state index contributed by atoms with van der Waals surface area (Å²) in [6.07, 6.45) is -4.29. The van der Waals surface area contributed by atoms with Crippen LogP contribution in [0.2, 0.25) is 0 Å². The highest BCUT2D eigenvalue weighted by atomic mass is 35.5. The highest BCUT2D eigenvalue weighted by Crippen LogP contribution is 2.25. The Bertz CT molecular complexity index is 260. The summed E-state index contributed by atoms with van der Waals surface area (Å²) < 4.78 is 39.5. The topological polar surface area (TPSA) is 9.23 Å². The summed E-state index contributed by atoms with van der Waals surface area (Å²) in [6.45, 7) is -1.37. The van der Waals surface area contributed by atoms with Gasteiger partial charge in [-0.15, -0.1) is 22.9 Å². The first-order valence-electron chi connectivity index (χ1n) is 3.81. The molecule has 1 aromatic rings. The van der Waals surface area contributed by atoms with E-state index >= 15 is 0 Å². The average molecular weight is 245 g/mol. The van der Waals surface area contributed by atoms with Crippen molar-refractivity contribution in [3.63, 3.8) is 0 Å². The van der Waals surface area contributed by atoms with Crippen molar-refractivity contribution in [2.45, 2.75) is 11.6 Å². The second-order valence-corrected chi connectivity index (χ2v) is 4.12. The summed E-state index contributed by atoms with van der Waals surface area (Å²) in [5.74, 6) is 0. The van der Waals surface area contributed by atoms with Crippen molar-refractivity contribution in [2.24, 2.45) is 0 Å². The summed E-state index contributed by atoms with van der Waals surface area (Å²) in [4.78, 5) is 0.814. The molecule has 1 atom stereocenters. The predicted octanol–water partition coefficient (Wildman–Crippen LogP) is 3.61. The van der Waals surface area contributed by atoms with Crippen LogP contribution in [0.25, 0.3) is 0 Å². The maximum atomic E-state index is 11.7. The Morgan fingerprint density at radius 1 is 1.50 bits per heavy atom. The van der Waals surface area contributed by atoms with Gasteiger partial charge < -0.3 is 4.74 Å². The summed E-state index contributed by atoms with van der Waals surface area (Å²) in [7, 11) is 0. The van der Waals surface area contributed by atoms with Crippen LogP contribution in [0.5, 0.6) is 0 Å². The number of ether oxygens (including phenoxy) is 1. The molecule has 0 bridgehead atoms. The zero-order chi connectivity index (χ0) is 10.6. The van der Waals surface area contributed by atoms with E-state index < -0.39 is 18.2 Å². The molecule has 0 radical (unpaired) electrons. The first-order valence-corrected chi connectivity index (χ1v) is 5.12. The Balaban J connectivity index is 2.26. The molecule has 1 nitrogen and oxygen atoms in total. The fourth-order valence-corrected chi connectivity index (χ4v) is 1.83. The molecule has 80 valence electrons. The molecule has 0 spiro atoms. The van der Waals surface area contributed by atoms with Gasteiger partial charge in [0.15, 0.2) is 0 Å². The molecule has 0 aliphatic heterocycles. The van der Waals surface area contributed by atoms with Crippen LogP contribution in [0.3, 0.4) is 0 Å². The highest BCUT2D eigenvalue weighted by Gasteiger charge is 2.27. The highest BCUT2D eigenvalue weighted by molar-refractivity contribution is 7.10. The third-order valence-electron chi connectivity index (χ3n) is 1.38. The van der Waals surface area contributed by atoms with E-state index in [0.717, 1.165) is 4.88 Å². The van der Waals surface area contributed by atoms with E-state index in [-0.39, 0.29) is 6.61 Å². The summed E-state index contributed by atoms with van der Waals surface area (Å²) in [6, 6.07) is 3.55. The molecule has 6 heteroatoms. The molecule has 0 fully saturated rings. The van der Waals surface area contributed by atoms with Gasteiger partial charge in [0, 0.05) is 4.88 Å². The second-order valence-electron chi connectivity index (χ2n) is 2.61. The average Bonchev–Trinajstić information content (AvgIpc) is 2.53. The van der Waals surface area contributed by atoms with Gasteiger partial charge in [-0.25, -0.2) is 0 Å². The summed E-state index contributed by atoms with van der Waals surface area (Å²) >= 11 is 7.19. The van der Waals surface area contributed by atoms with Gasteiger partial charge in [-0.05, 0) is 11.4 Å². The molecule has 0 saturated heterocycles. The van der Waals surface area contributed by atoms with Gasteiger partial charge in [0.05, 0.1) is 12.0 Å². The molecular formula is C8H8ClF3OS. The number of hydrogen-bond acceptors (Lipinski definition) is 2. The van der Waals surface area contributed by atoms with Crippen molar-refractivity contribution >= 4 is 22.9 Å². The van der Waals surface area contributed by atoms with Crippen LogP contribution >= 0.6 is 22.9 Å². The van der Waals surface area contributed by atoms with Crippen LogP contribution in [0.4, 0.5) is 13.2 Å². The Morgan fingerprint density at radius 2 is 2.21 bits per heavy atom. The van der Waals surface area contributed by atoms with Crippen molar-refractivity contribution in [3.8, 4) is 0 Å². The molecule has 0 aliphatic rings. The van der Waals surface area contributed by atoms with Gasteiger partial charge in [0.25, 0.3) is 0 Å². The van der Waals surface area contributed by atoms with Crippen LogP contribution in [0.1, 0.15) is 10.3 Å². The lowest BCUT2D eigenvalue weighted by Gasteiger charge is -2.10. The number of hydrogen-bond donors (Lipinski definition) is 0. The summed E-state index contributed by atoms with van der Waals surface area (Å²) in [5.41, 5.74) is 0. The van der Waals surface area contributed by atoms with Gasteiger partial charge >= 0.3 is 6.18 Å². The maximum Gasteiger partial charge on any atom is 0.411 e. The predicted molar refractivity (Wildman–Crippen MR) is 49.8 cm³/mol. The molecule has 0 N–H and O–H groups in total. The first kappa shape index (κ1) is 11.8. The smallest absolute Gasteiger partial charge is 0.370 e. The monoisotopic (exact) mass is 244 g/mol. The lowest BCUT2D eigenvalue weighted by atomic mass is 10.3. The lowest BCUT2D eigenvalue weighted by molar-refractivity contribution is -0.173. The normalized spacial score (nSPS) is 14.3. The van der Waals surface area contributed by atoms with Crippen LogP contribution < -0.4 is 0 Å². The minimum Gasteiger partial charge on any atom is -0.370 e. The van der Waals surface area contributed by atoms with Gasteiger partial charge in [0.2, 0.25) is 0 Å². The van der Waals surface area contributed by atoms with E-state index in [4.69, 9.17) is 11.6 Å². The third kappa shape index (κ3) is 4.30. The van der Waals surface area contributed by atoms with Crippen molar-refractivity contribution in [1.82, 2.24) is 0 Å². The fraction of sp³-hybridized carbons (Fsp3) is 0.500. The maximum absolute atomic E-state index is 11.7. The molecule has 14 heavy (non-hydrogen) atoms. The zero-order valence-electron chi connectivity index (χ0n) is 7.05. The molecule has 1 rings (SSSR count). The van der Waals surface area contributed by atoms with Crippen LogP contribution in [-0.2, 0) is 4.74 Å². The van der Waals surface area contributed by atoms with E-state index in [0.29, 0.717) is 0 Å². The van der Waals surface area contributed by atoms with E-state index in [1.165, 1.54) is 11.3 Å². The number of thiophene rings is 1. The molecule has 0 amide bonds. The van der Waals surface area contributed by atoms with Gasteiger partial charge in [0.1, 0.15) is 6.61 Å². The first-order chi connectivity index (χ1) is 6.49. The lowest BCUT2D eigenvalue weighted by Crippen LogP contribution is -2.18. The molecule has 0 aliphatic carbocycles. The summed E-state index contributed by atoms with van der Waals surface area (Å²) in [5, 5.41) is 1.31. The van der Waals surface area contributed by atoms with Gasteiger partial charge in [-0.2, -0.15) is 13.2 Å². The number of alkyl halides is 4. The SMILES string of the molecule is FC(F)(F)COCC(Cl)c1cccs1. The Morgan fingerprint density at radius 3 is 2.71 bits per heavy atom. The standard InChI is InChI=1S/C8H8ClF3OS/c9-6(7-2-1-3-14-7)4-13-5-8(10,11)12/h1-3,6H,4-5H2. The molecule has 0 aromatic carbocycles. The molecule has 1 unspecified atom stereocenters. The van der Waals surface area contributed by atoms with Crippen molar-refractivity contribution in [3.05, 3.63) is 22.4 Å². The third-order valence-corrected chi connectivity index (χ3v) is 2.86. The van der Waals surface area contributed by atoms with Crippen molar-refractivity contribution in [1.29, 1.82) is 0 Å². The second kappa shape index (κ2) is 5.00. The molecular weight excluding hydrogens is 237 g/mol. The number of rotatable bonds is 4. The Labute approximate surface area is 88.4 Å². The van der Waals surface area contributed by atoms with Crippen LogP contribution in [0, 0.1) is 0 Å². The molecule has 1 aromatic heterocycles. The van der Waals surface area contributed by atoms with E-state index in [1.54, 1.807) is 12.1 Å². The zero-order valence-corrected chi connectivity index (χ0v) is 8.62. The van der Waals surface area contributed by atoms with Crippen LogP contribution in [-0.4, -0.2) is 19.4 Å². The molecule has 1 heterocycles. The Kier molecular flexibility index (Phi) is 4.22. The van der Waals surface area contributed by atoms with Crippen molar-refractivity contribution < 1.29 is 17.9 Å². The van der Waals surface area contributed by atoms with E-state index in [2.05, 4.69) is 4.74 Å². The number of halogens is 4. The van der Waals surface area contributed by atoms with E-state index in [1.807, 2.05) is 5.38 Å². The minimum atomic E-state index is -4.29. The largest absolute Gasteiger partial charge is 0.411 e. The molecule has 0 saturated carbocycles. The van der Waals surface area contributed by atoms with Gasteiger partial charge in [-0.1, -0.05) is 6.07 Å². The van der Waals surface area contributed by atoms with Crippen LogP contribution in [0.15, 0.2) is 17.5 Å². The fourth-order valence-electron chi connectivity index (χ4n) is 0.830. The quantitative estimate of drug-likeness (QED) is 0.736. The Hall–Kier alpha value is -0.260. The van der Waals surface area contributed by atoms with E-state index in [9.17, 15) is 13.2 Å². The van der Waals surface area contributed by atoms with Crippen molar-refractivity contribution in [2.75, 3.05) is 13.2 Å². The minimum absolute atomic E-state index is 0.123. The van der Waals surface area contributed by atoms with Gasteiger partial charge in [-0.3, -0.25) is 0 Å².